The summed E-state index contributed by atoms with van der Waals surface area (Å²) in [4.78, 5) is -1.01. The summed E-state index contributed by atoms with van der Waals surface area (Å²) in [5.74, 6) is -1.17. The molecule has 0 aliphatic heterocycles. The molecule has 0 radical (unpaired) electrons. The number of nitrogens with zero attached hydrogens (tertiary/aromatic N) is 1. The van der Waals surface area contributed by atoms with Crippen LogP contribution in [0.3, 0.4) is 0 Å². The standard InChI is InChI=1S/C13H17F4NO3S/c1-2-3-6-18(7-8-19)22(20,21)12-5-4-10(14)9-11(12)13(15,16)17/h4-5,9,19H,2-3,6-8H2,1H3. The van der Waals surface area contributed by atoms with Gasteiger partial charge in [0.2, 0.25) is 10.0 Å². The summed E-state index contributed by atoms with van der Waals surface area (Å²) in [6, 6.07) is 1.42. The van der Waals surface area contributed by atoms with Crippen molar-refractivity contribution >= 4 is 10.0 Å². The summed E-state index contributed by atoms with van der Waals surface area (Å²) >= 11 is 0. The molecule has 0 amide bonds. The molecule has 0 aromatic heterocycles. The number of rotatable bonds is 7. The molecular formula is C13H17F4NO3S. The monoisotopic (exact) mass is 343 g/mol. The van der Waals surface area contributed by atoms with E-state index < -0.39 is 39.1 Å². The molecule has 1 aromatic rings. The second-order valence-corrected chi connectivity index (χ2v) is 6.53. The van der Waals surface area contributed by atoms with Gasteiger partial charge in [-0.25, -0.2) is 12.8 Å². The zero-order valence-electron chi connectivity index (χ0n) is 11.9. The van der Waals surface area contributed by atoms with Gasteiger partial charge in [0, 0.05) is 13.1 Å². The van der Waals surface area contributed by atoms with Gasteiger partial charge >= 0.3 is 6.18 Å². The highest BCUT2D eigenvalue weighted by Crippen LogP contribution is 2.35. The van der Waals surface area contributed by atoms with Gasteiger partial charge in [-0.2, -0.15) is 17.5 Å². The van der Waals surface area contributed by atoms with Crippen LogP contribution in [0.25, 0.3) is 0 Å². The molecule has 1 rings (SSSR count). The average Bonchev–Trinajstić information content (AvgIpc) is 2.42. The van der Waals surface area contributed by atoms with Crippen molar-refractivity contribution in [1.29, 1.82) is 0 Å². The van der Waals surface area contributed by atoms with Crippen molar-refractivity contribution in [3.8, 4) is 0 Å². The third kappa shape index (κ3) is 4.40. The van der Waals surface area contributed by atoms with Crippen molar-refractivity contribution in [2.75, 3.05) is 19.7 Å². The van der Waals surface area contributed by atoms with Crippen molar-refractivity contribution in [2.45, 2.75) is 30.8 Å². The Morgan fingerprint density at radius 3 is 2.36 bits per heavy atom. The minimum Gasteiger partial charge on any atom is -0.395 e. The first-order valence-corrected chi connectivity index (χ1v) is 8.06. The minimum atomic E-state index is -5.00. The second-order valence-electron chi connectivity index (χ2n) is 4.62. The van der Waals surface area contributed by atoms with Crippen LogP contribution >= 0.6 is 0 Å². The molecule has 0 unspecified atom stereocenters. The van der Waals surface area contributed by atoms with E-state index in [-0.39, 0.29) is 19.2 Å². The normalized spacial score (nSPS) is 12.9. The summed E-state index contributed by atoms with van der Waals surface area (Å²) in [5, 5.41) is 8.93. The van der Waals surface area contributed by atoms with E-state index in [1.165, 1.54) is 0 Å². The predicted molar refractivity (Wildman–Crippen MR) is 72.2 cm³/mol. The highest BCUT2D eigenvalue weighted by molar-refractivity contribution is 7.89. The molecule has 0 atom stereocenters. The quantitative estimate of drug-likeness (QED) is 0.775. The summed E-state index contributed by atoms with van der Waals surface area (Å²) in [6.07, 6.45) is -3.94. The van der Waals surface area contributed by atoms with Gasteiger partial charge in [0.1, 0.15) is 5.82 Å². The van der Waals surface area contributed by atoms with Crippen molar-refractivity contribution < 1.29 is 31.1 Å². The van der Waals surface area contributed by atoms with Gasteiger partial charge < -0.3 is 5.11 Å². The number of halogens is 4. The van der Waals surface area contributed by atoms with Gasteiger partial charge in [0.05, 0.1) is 17.1 Å². The zero-order valence-corrected chi connectivity index (χ0v) is 12.7. The third-order valence-corrected chi connectivity index (χ3v) is 4.93. The summed E-state index contributed by atoms with van der Waals surface area (Å²) in [5.41, 5.74) is -1.55. The molecular weight excluding hydrogens is 326 g/mol. The van der Waals surface area contributed by atoms with E-state index in [4.69, 9.17) is 5.11 Å². The summed E-state index contributed by atoms with van der Waals surface area (Å²) in [7, 11) is -4.48. The van der Waals surface area contributed by atoms with Crippen molar-refractivity contribution in [3.63, 3.8) is 0 Å². The molecule has 0 aliphatic rings. The number of hydrogen-bond acceptors (Lipinski definition) is 3. The number of unbranched alkanes of at least 4 members (excludes halogenated alkanes) is 1. The molecule has 9 heteroatoms. The lowest BCUT2D eigenvalue weighted by molar-refractivity contribution is -0.140. The number of aliphatic hydroxyl groups excluding tert-OH is 1. The molecule has 0 saturated carbocycles. The van der Waals surface area contributed by atoms with E-state index in [1.807, 2.05) is 0 Å². The topological polar surface area (TPSA) is 57.6 Å². The van der Waals surface area contributed by atoms with Crippen LogP contribution in [0.2, 0.25) is 0 Å². The predicted octanol–water partition coefficient (Wildman–Crippen LogP) is 2.63. The van der Waals surface area contributed by atoms with Crippen molar-refractivity contribution in [2.24, 2.45) is 0 Å². The lowest BCUT2D eigenvalue weighted by Crippen LogP contribution is -2.35. The van der Waals surface area contributed by atoms with Crippen LogP contribution in [0.1, 0.15) is 25.3 Å². The molecule has 0 aliphatic carbocycles. The molecule has 0 spiro atoms. The van der Waals surface area contributed by atoms with E-state index >= 15 is 0 Å². The van der Waals surface area contributed by atoms with Gasteiger partial charge in [0.25, 0.3) is 0 Å². The third-order valence-electron chi connectivity index (χ3n) is 2.98. The number of alkyl halides is 3. The van der Waals surface area contributed by atoms with Gasteiger partial charge in [-0.15, -0.1) is 0 Å². The first-order valence-electron chi connectivity index (χ1n) is 6.62. The van der Waals surface area contributed by atoms with Crippen LogP contribution in [-0.4, -0.2) is 37.5 Å². The van der Waals surface area contributed by atoms with Crippen molar-refractivity contribution in [1.82, 2.24) is 4.31 Å². The largest absolute Gasteiger partial charge is 0.417 e. The maximum absolute atomic E-state index is 13.1. The lowest BCUT2D eigenvalue weighted by atomic mass is 10.2. The molecule has 0 fully saturated rings. The highest BCUT2D eigenvalue weighted by Gasteiger charge is 2.39. The first kappa shape index (κ1) is 18.9. The van der Waals surface area contributed by atoms with Gasteiger partial charge in [-0.05, 0) is 24.6 Å². The first-order chi connectivity index (χ1) is 10.1. The van der Waals surface area contributed by atoms with E-state index in [9.17, 15) is 26.0 Å². The molecule has 1 aromatic carbocycles. The van der Waals surface area contributed by atoms with Gasteiger partial charge in [0.15, 0.2) is 0 Å². The summed E-state index contributed by atoms with van der Waals surface area (Å²) in [6.45, 7) is 0.930. The Bertz CT molecular complexity index is 602. The fourth-order valence-electron chi connectivity index (χ4n) is 1.89. The Balaban J connectivity index is 3.37. The number of benzene rings is 1. The Morgan fingerprint density at radius 2 is 1.86 bits per heavy atom. The van der Waals surface area contributed by atoms with Crippen LogP contribution in [0.15, 0.2) is 23.1 Å². The average molecular weight is 343 g/mol. The fourth-order valence-corrected chi connectivity index (χ4v) is 3.55. The van der Waals surface area contributed by atoms with E-state index in [1.54, 1.807) is 6.92 Å². The van der Waals surface area contributed by atoms with Crippen LogP contribution < -0.4 is 0 Å². The van der Waals surface area contributed by atoms with Crippen LogP contribution in [0.5, 0.6) is 0 Å². The summed E-state index contributed by atoms with van der Waals surface area (Å²) < 4.78 is 77.5. The smallest absolute Gasteiger partial charge is 0.395 e. The Labute approximate surface area is 126 Å². The molecule has 0 bridgehead atoms. The number of sulfonamides is 1. The van der Waals surface area contributed by atoms with Crippen LogP contribution in [0.4, 0.5) is 17.6 Å². The molecule has 4 nitrogen and oxygen atoms in total. The zero-order chi connectivity index (χ0) is 17.0. The van der Waals surface area contributed by atoms with E-state index in [0.29, 0.717) is 25.0 Å². The maximum Gasteiger partial charge on any atom is 0.417 e. The Morgan fingerprint density at radius 1 is 1.23 bits per heavy atom. The molecule has 1 N–H and O–H groups in total. The van der Waals surface area contributed by atoms with Crippen LogP contribution in [0, 0.1) is 5.82 Å². The molecule has 22 heavy (non-hydrogen) atoms. The van der Waals surface area contributed by atoms with Crippen molar-refractivity contribution in [3.05, 3.63) is 29.6 Å². The molecule has 0 saturated heterocycles. The van der Waals surface area contributed by atoms with Crippen LogP contribution in [-0.2, 0) is 16.2 Å². The SMILES string of the molecule is CCCCN(CCO)S(=O)(=O)c1ccc(F)cc1C(F)(F)F. The second kappa shape index (κ2) is 7.38. The van der Waals surface area contributed by atoms with E-state index in [2.05, 4.69) is 0 Å². The van der Waals surface area contributed by atoms with Gasteiger partial charge in [-0.1, -0.05) is 13.3 Å². The number of hydrogen-bond donors (Lipinski definition) is 1. The van der Waals surface area contributed by atoms with E-state index in [0.717, 1.165) is 4.31 Å². The maximum atomic E-state index is 13.1. The van der Waals surface area contributed by atoms with Gasteiger partial charge in [-0.3, -0.25) is 0 Å². The minimum absolute atomic E-state index is 0.0198. The highest BCUT2D eigenvalue weighted by atomic mass is 32.2. The lowest BCUT2D eigenvalue weighted by Gasteiger charge is -2.23. The number of aliphatic hydroxyl groups is 1. The Kier molecular flexibility index (Phi) is 6.33. The molecule has 126 valence electrons. The fraction of sp³-hybridized carbons (Fsp3) is 0.538. The Hall–Kier alpha value is -1.19. The molecule has 0 heterocycles.